The predicted molar refractivity (Wildman–Crippen MR) is 111 cm³/mol. The van der Waals surface area contributed by atoms with Gasteiger partial charge in [0.1, 0.15) is 5.75 Å². The molecule has 0 saturated heterocycles. The van der Waals surface area contributed by atoms with Crippen molar-refractivity contribution in [3.63, 3.8) is 0 Å². The maximum Gasteiger partial charge on any atom is 0.338 e. The standard InChI is InChI=1S/C21H23N5O3/c1-3-29-20(27)16-8-10-17(11-9-16)24-19-14-23-26-21(25-19)22-13-12-15-6-4-5-7-18(15)28-2/h4-11,14H,3,12-13H2,1-2H3,(H2,22,24,25,26). The number of aromatic nitrogens is 3. The first-order valence-electron chi connectivity index (χ1n) is 9.29. The van der Waals surface area contributed by atoms with Gasteiger partial charge in [0.15, 0.2) is 5.82 Å². The predicted octanol–water partition coefficient (Wildman–Crippen LogP) is 3.46. The van der Waals surface area contributed by atoms with Crippen LogP contribution in [0.4, 0.5) is 17.5 Å². The smallest absolute Gasteiger partial charge is 0.338 e. The summed E-state index contributed by atoms with van der Waals surface area (Å²) in [5.41, 5.74) is 2.38. The molecule has 150 valence electrons. The summed E-state index contributed by atoms with van der Waals surface area (Å²) in [5.74, 6) is 1.48. The van der Waals surface area contributed by atoms with Gasteiger partial charge >= 0.3 is 5.97 Å². The van der Waals surface area contributed by atoms with Crippen LogP contribution in [0, 0.1) is 0 Å². The fourth-order valence-electron chi connectivity index (χ4n) is 2.71. The van der Waals surface area contributed by atoms with Crippen molar-refractivity contribution in [1.82, 2.24) is 15.2 Å². The molecule has 8 nitrogen and oxygen atoms in total. The SMILES string of the molecule is CCOC(=O)c1ccc(Nc2cnnc(NCCc3ccccc3OC)n2)cc1. The number of methoxy groups -OCH3 is 1. The van der Waals surface area contributed by atoms with E-state index in [9.17, 15) is 4.79 Å². The van der Waals surface area contributed by atoms with Gasteiger partial charge in [-0.05, 0) is 49.2 Å². The fraction of sp³-hybridized carbons (Fsp3) is 0.238. The average Bonchev–Trinajstić information content (AvgIpc) is 2.75. The first-order valence-corrected chi connectivity index (χ1v) is 9.29. The van der Waals surface area contributed by atoms with Gasteiger partial charge in [0, 0.05) is 12.2 Å². The van der Waals surface area contributed by atoms with E-state index in [2.05, 4.69) is 25.8 Å². The second-order valence-corrected chi connectivity index (χ2v) is 6.08. The third-order valence-corrected chi connectivity index (χ3v) is 4.10. The number of anilines is 3. The number of para-hydroxylation sites is 1. The van der Waals surface area contributed by atoms with Gasteiger partial charge in [-0.2, -0.15) is 10.1 Å². The van der Waals surface area contributed by atoms with E-state index in [1.165, 1.54) is 6.20 Å². The lowest BCUT2D eigenvalue weighted by Crippen LogP contribution is -2.10. The molecule has 0 aliphatic heterocycles. The molecular formula is C21H23N5O3. The third kappa shape index (κ3) is 5.65. The number of hydrogen-bond donors (Lipinski definition) is 2. The van der Waals surface area contributed by atoms with Crippen LogP contribution in [0.25, 0.3) is 0 Å². The summed E-state index contributed by atoms with van der Waals surface area (Å²) in [6, 6.07) is 14.8. The van der Waals surface area contributed by atoms with Gasteiger partial charge in [0.2, 0.25) is 5.95 Å². The van der Waals surface area contributed by atoms with E-state index in [1.807, 2.05) is 24.3 Å². The van der Waals surface area contributed by atoms with Gasteiger partial charge in [-0.1, -0.05) is 18.2 Å². The largest absolute Gasteiger partial charge is 0.496 e. The van der Waals surface area contributed by atoms with E-state index in [4.69, 9.17) is 9.47 Å². The summed E-state index contributed by atoms with van der Waals surface area (Å²) >= 11 is 0. The Hall–Kier alpha value is -3.68. The lowest BCUT2D eigenvalue weighted by atomic mass is 10.1. The quantitative estimate of drug-likeness (QED) is 0.534. The van der Waals surface area contributed by atoms with Crippen LogP contribution in [0.5, 0.6) is 5.75 Å². The second-order valence-electron chi connectivity index (χ2n) is 6.08. The van der Waals surface area contributed by atoms with Gasteiger partial charge in [-0.15, -0.1) is 5.10 Å². The van der Waals surface area contributed by atoms with Crippen molar-refractivity contribution in [2.45, 2.75) is 13.3 Å². The van der Waals surface area contributed by atoms with Crippen LogP contribution in [0.1, 0.15) is 22.8 Å². The lowest BCUT2D eigenvalue weighted by Gasteiger charge is -2.10. The van der Waals surface area contributed by atoms with Crippen LogP contribution in [0.2, 0.25) is 0 Å². The Labute approximate surface area is 169 Å². The Bertz CT molecular complexity index is 947. The molecule has 8 heteroatoms. The van der Waals surface area contributed by atoms with E-state index in [0.717, 1.165) is 23.4 Å². The van der Waals surface area contributed by atoms with Gasteiger partial charge in [0.25, 0.3) is 0 Å². The van der Waals surface area contributed by atoms with Crippen molar-refractivity contribution < 1.29 is 14.3 Å². The summed E-state index contributed by atoms with van der Waals surface area (Å²) in [6.45, 7) is 2.76. The maximum absolute atomic E-state index is 11.7. The Morgan fingerprint density at radius 2 is 1.90 bits per heavy atom. The molecule has 29 heavy (non-hydrogen) atoms. The molecule has 1 aromatic heterocycles. The molecule has 0 spiro atoms. The van der Waals surface area contributed by atoms with E-state index in [-0.39, 0.29) is 5.97 Å². The molecule has 3 rings (SSSR count). The fourth-order valence-corrected chi connectivity index (χ4v) is 2.71. The van der Waals surface area contributed by atoms with Crippen molar-refractivity contribution in [3.05, 3.63) is 65.9 Å². The highest BCUT2D eigenvalue weighted by Crippen LogP contribution is 2.18. The topological polar surface area (TPSA) is 98.3 Å². The molecule has 0 amide bonds. The normalized spacial score (nSPS) is 10.3. The van der Waals surface area contributed by atoms with Crippen LogP contribution in [0.3, 0.4) is 0 Å². The lowest BCUT2D eigenvalue weighted by molar-refractivity contribution is 0.0526. The number of esters is 1. The van der Waals surface area contributed by atoms with Crippen molar-refractivity contribution in [2.75, 3.05) is 30.9 Å². The molecule has 0 bridgehead atoms. The molecule has 2 aromatic carbocycles. The number of rotatable bonds is 9. The number of hydrogen-bond acceptors (Lipinski definition) is 8. The van der Waals surface area contributed by atoms with E-state index in [1.54, 1.807) is 38.3 Å². The van der Waals surface area contributed by atoms with Crippen molar-refractivity contribution >= 4 is 23.4 Å². The number of nitrogens with zero attached hydrogens (tertiary/aromatic N) is 3. The van der Waals surface area contributed by atoms with E-state index >= 15 is 0 Å². The van der Waals surface area contributed by atoms with Crippen LogP contribution in [-0.4, -0.2) is 41.4 Å². The molecule has 0 aliphatic rings. The summed E-state index contributed by atoms with van der Waals surface area (Å²) in [6.07, 6.45) is 2.30. The molecule has 0 aliphatic carbocycles. The highest BCUT2D eigenvalue weighted by Gasteiger charge is 2.07. The Morgan fingerprint density at radius 3 is 2.66 bits per heavy atom. The van der Waals surface area contributed by atoms with Gasteiger partial charge < -0.3 is 20.1 Å². The summed E-state index contributed by atoms with van der Waals surface area (Å²) in [5, 5.41) is 14.3. The van der Waals surface area contributed by atoms with E-state index in [0.29, 0.717) is 30.5 Å². The first-order chi connectivity index (χ1) is 14.2. The Kier molecular flexibility index (Phi) is 6.94. The average molecular weight is 393 g/mol. The minimum absolute atomic E-state index is 0.343. The number of ether oxygens (including phenoxy) is 2. The number of carbonyl (C=O) groups is 1. The molecular weight excluding hydrogens is 370 g/mol. The van der Waals surface area contributed by atoms with Gasteiger partial charge in [0.05, 0.1) is 25.5 Å². The highest BCUT2D eigenvalue weighted by molar-refractivity contribution is 5.89. The van der Waals surface area contributed by atoms with E-state index < -0.39 is 0 Å². The van der Waals surface area contributed by atoms with Crippen molar-refractivity contribution in [3.8, 4) is 5.75 Å². The maximum atomic E-state index is 11.7. The van der Waals surface area contributed by atoms with Crippen LogP contribution in [-0.2, 0) is 11.2 Å². The van der Waals surface area contributed by atoms with Crippen LogP contribution in [0.15, 0.2) is 54.7 Å². The molecule has 2 N–H and O–H groups in total. The molecule has 0 fully saturated rings. The van der Waals surface area contributed by atoms with Crippen LogP contribution < -0.4 is 15.4 Å². The minimum Gasteiger partial charge on any atom is -0.496 e. The Balaban J connectivity index is 1.57. The third-order valence-electron chi connectivity index (χ3n) is 4.10. The molecule has 0 saturated carbocycles. The zero-order valence-corrected chi connectivity index (χ0v) is 16.4. The highest BCUT2D eigenvalue weighted by atomic mass is 16.5. The number of nitrogens with one attached hydrogen (secondary N) is 2. The molecule has 0 atom stereocenters. The zero-order chi connectivity index (χ0) is 20.5. The molecule has 0 unspecified atom stereocenters. The van der Waals surface area contributed by atoms with Crippen molar-refractivity contribution in [2.24, 2.45) is 0 Å². The van der Waals surface area contributed by atoms with Crippen LogP contribution >= 0.6 is 0 Å². The zero-order valence-electron chi connectivity index (χ0n) is 16.4. The number of carbonyl (C=O) groups excluding carboxylic acids is 1. The molecule has 3 aromatic rings. The summed E-state index contributed by atoms with van der Waals surface area (Å²) < 4.78 is 10.3. The van der Waals surface area contributed by atoms with Gasteiger partial charge in [-0.3, -0.25) is 0 Å². The second kappa shape index (κ2) is 10.0. The minimum atomic E-state index is -0.343. The Morgan fingerprint density at radius 1 is 1.10 bits per heavy atom. The molecule has 1 heterocycles. The van der Waals surface area contributed by atoms with Crippen molar-refractivity contribution in [1.29, 1.82) is 0 Å². The number of benzene rings is 2. The summed E-state index contributed by atoms with van der Waals surface area (Å²) in [7, 11) is 1.66. The van der Waals surface area contributed by atoms with Gasteiger partial charge in [-0.25, -0.2) is 4.79 Å². The summed E-state index contributed by atoms with van der Waals surface area (Å²) in [4.78, 5) is 16.1. The molecule has 0 radical (unpaired) electrons. The monoisotopic (exact) mass is 393 g/mol. The first kappa shape index (κ1) is 20.1.